The molecule has 0 bridgehead atoms. The van der Waals surface area contributed by atoms with Crippen molar-refractivity contribution in [1.29, 1.82) is 0 Å². The van der Waals surface area contributed by atoms with Gasteiger partial charge < -0.3 is 25.0 Å². The van der Waals surface area contributed by atoms with E-state index >= 15 is 0 Å². The van der Waals surface area contributed by atoms with Crippen molar-refractivity contribution in [2.45, 2.75) is 64.4 Å². The van der Waals surface area contributed by atoms with Crippen LogP contribution in [0.2, 0.25) is 0 Å². The molecule has 0 aliphatic carbocycles. The summed E-state index contributed by atoms with van der Waals surface area (Å²) in [5.41, 5.74) is 9.33. The highest BCUT2D eigenvalue weighted by Crippen LogP contribution is 2.30. The molecule has 1 aliphatic heterocycles. The summed E-state index contributed by atoms with van der Waals surface area (Å²) in [6.07, 6.45) is 5.61. The number of rotatable bonds is 14. The van der Waals surface area contributed by atoms with Crippen LogP contribution in [0.5, 0.6) is 5.75 Å². The van der Waals surface area contributed by atoms with Crippen LogP contribution in [0.3, 0.4) is 0 Å². The first-order valence-corrected chi connectivity index (χ1v) is 17.1. The van der Waals surface area contributed by atoms with Gasteiger partial charge in [-0.1, -0.05) is 37.3 Å². The monoisotopic (exact) mass is 665 g/mol. The predicted molar refractivity (Wildman–Crippen MR) is 192 cm³/mol. The van der Waals surface area contributed by atoms with E-state index in [1.165, 1.54) is 10.4 Å². The van der Waals surface area contributed by atoms with Gasteiger partial charge in [0, 0.05) is 43.6 Å². The van der Waals surface area contributed by atoms with Crippen LogP contribution >= 0.6 is 0 Å². The molecule has 2 aromatic heterocycles. The fraction of sp³-hybridized carbons (Fsp3) is 0.405. The quantitative estimate of drug-likeness (QED) is 0.181. The standard InChI is InChI=1S/C37H47N9O3/c1-5-34(49-37(4,26-45-39-19-20-40-45)30-9-7-6-8-10-30)25-48-35-17-15-32(16-18-35)43-23-21-42(22-24-43)31-11-13-33(14-12-31)44-27-41-46(36(44)47)29(3)28(2)38/h6-20,27-29,34H,5,21-26,38H2,1-4H3. The van der Waals surface area contributed by atoms with Crippen molar-refractivity contribution in [3.05, 3.63) is 114 Å². The lowest BCUT2D eigenvalue weighted by atomic mass is 9.95. The zero-order valence-corrected chi connectivity index (χ0v) is 28.8. The fourth-order valence-corrected chi connectivity index (χ4v) is 6.17. The maximum Gasteiger partial charge on any atom is 0.350 e. The number of nitrogens with zero attached hydrogens (tertiary/aromatic N) is 8. The van der Waals surface area contributed by atoms with Crippen molar-refractivity contribution >= 4 is 11.4 Å². The molecular weight excluding hydrogens is 618 g/mol. The molecule has 2 N–H and O–H groups in total. The van der Waals surface area contributed by atoms with E-state index in [0.717, 1.165) is 55.3 Å². The van der Waals surface area contributed by atoms with Crippen molar-refractivity contribution in [2.24, 2.45) is 5.73 Å². The Morgan fingerprint density at radius 3 is 1.96 bits per heavy atom. The van der Waals surface area contributed by atoms with Gasteiger partial charge >= 0.3 is 5.69 Å². The van der Waals surface area contributed by atoms with E-state index in [1.54, 1.807) is 28.1 Å². The second-order valence-corrected chi connectivity index (χ2v) is 12.9. The molecule has 12 heteroatoms. The second-order valence-electron chi connectivity index (χ2n) is 12.9. The van der Waals surface area contributed by atoms with Gasteiger partial charge in [0.15, 0.2) is 0 Å². The minimum absolute atomic E-state index is 0.120. The summed E-state index contributed by atoms with van der Waals surface area (Å²) in [5, 5.41) is 12.9. The molecule has 12 nitrogen and oxygen atoms in total. The first-order chi connectivity index (χ1) is 23.7. The van der Waals surface area contributed by atoms with E-state index in [1.807, 2.05) is 56.3 Å². The Hall–Kier alpha value is -4.94. The van der Waals surface area contributed by atoms with E-state index in [-0.39, 0.29) is 23.9 Å². The van der Waals surface area contributed by atoms with Crippen LogP contribution in [-0.4, -0.2) is 74.3 Å². The topological polar surface area (TPSA) is 121 Å². The van der Waals surface area contributed by atoms with Gasteiger partial charge in [-0.15, -0.1) is 0 Å². The summed E-state index contributed by atoms with van der Waals surface area (Å²) >= 11 is 0. The normalized spacial score (nSPS) is 16.6. The number of anilines is 2. The van der Waals surface area contributed by atoms with Crippen LogP contribution in [0.4, 0.5) is 11.4 Å². The first kappa shape index (κ1) is 33.9. The molecule has 0 saturated carbocycles. The maximum absolute atomic E-state index is 12.9. The number of ether oxygens (including phenoxy) is 2. The zero-order chi connectivity index (χ0) is 34.4. The van der Waals surface area contributed by atoms with E-state index in [2.05, 4.69) is 75.3 Å². The van der Waals surface area contributed by atoms with Crippen LogP contribution in [0.15, 0.2) is 102 Å². The molecule has 3 aromatic carbocycles. The van der Waals surface area contributed by atoms with E-state index < -0.39 is 5.60 Å². The van der Waals surface area contributed by atoms with Crippen molar-refractivity contribution in [1.82, 2.24) is 29.3 Å². The smallest absolute Gasteiger partial charge is 0.350 e. The lowest BCUT2D eigenvalue weighted by molar-refractivity contribution is -0.114. The number of benzene rings is 3. The summed E-state index contributed by atoms with van der Waals surface area (Å²) in [6.45, 7) is 12.5. The van der Waals surface area contributed by atoms with E-state index in [9.17, 15) is 4.79 Å². The van der Waals surface area contributed by atoms with Gasteiger partial charge in [-0.3, -0.25) is 0 Å². The zero-order valence-electron chi connectivity index (χ0n) is 28.8. The van der Waals surface area contributed by atoms with Crippen LogP contribution in [-0.2, 0) is 16.9 Å². The molecule has 1 aliphatic rings. The number of nitrogens with two attached hydrogens (primary N) is 1. The Morgan fingerprint density at radius 2 is 1.39 bits per heavy atom. The Kier molecular flexibility index (Phi) is 10.4. The average molecular weight is 666 g/mol. The van der Waals surface area contributed by atoms with Gasteiger partial charge in [-0.05, 0) is 81.3 Å². The van der Waals surface area contributed by atoms with Gasteiger partial charge in [0.25, 0.3) is 0 Å². The van der Waals surface area contributed by atoms with Crippen LogP contribution < -0.4 is 26.0 Å². The molecule has 6 rings (SSSR count). The van der Waals surface area contributed by atoms with Crippen LogP contribution in [0.25, 0.3) is 5.69 Å². The molecule has 0 spiro atoms. The third-order valence-electron chi connectivity index (χ3n) is 9.43. The third kappa shape index (κ3) is 7.87. The minimum atomic E-state index is -0.621. The van der Waals surface area contributed by atoms with Crippen molar-refractivity contribution in [3.8, 4) is 11.4 Å². The Morgan fingerprint density at radius 1 is 0.816 bits per heavy atom. The van der Waals surface area contributed by atoms with Crippen LogP contribution in [0.1, 0.15) is 45.7 Å². The molecule has 5 aromatic rings. The number of hydrogen-bond donors (Lipinski definition) is 1. The Balaban J connectivity index is 1.02. The molecule has 3 heterocycles. The lowest BCUT2D eigenvalue weighted by Gasteiger charge is -2.37. The summed E-state index contributed by atoms with van der Waals surface area (Å²) in [6, 6.07) is 26.3. The molecule has 1 fully saturated rings. The van der Waals surface area contributed by atoms with Gasteiger partial charge in [0.1, 0.15) is 24.3 Å². The summed E-state index contributed by atoms with van der Waals surface area (Å²) in [7, 11) is 0. The van der Waals surface area contributed by atoms with E-state index in [4.69, 9.17) is 15.2 Å². The highest BCUT2D eigenvalue weighted by atomic mass is 16.5. The molecule has 4 atom stereocenters. The van der Waals surface area contributed by atoms with Crippen LogP contribution in [0, 0.1) is 0 Å². The Bertz CT molecular complexity index is 1800. The van der Waals surface area contributed by atoms with Gasteiger partial charge in [0.2, 0.25) is 0 Å². The number of hydrogen-bond acceptors (Lipinski definition) is 9. The Labute approximate surface area is 287 Å². The fourth-order valence-electron chi connectivity index (χ4n) is 6.17. The molecule has 0 amide bonds. The largest absolute Gasteiger partial charge is 0.491 e. The van der Waals surface area contributed by atoms with Crippen molar-refractivity contribution in [2.75, 3.05) is 42.6 Å². The summed E-state index contributed by atoms with van der Waals surface area (Å²) in [5.74, 6) is 0.816. The predicted octanol–water partition coefficient (Wildman–Crippen LogP) is 4.65. The lowest BCUT2D eigenvalue weighted by Crippen LogP contribution is -2.46. The maximum atomic E-state index is 12.9. The molecule has 258 valence electrons. The minimum Gasteiger partial charge on any atom is -0.491 e. The van der Waals surface area contributed by atoms with Gasteiger partial charge in [-0.25, -0.2) is 14.0 Å². The van der Waals surface area contributed by atoms with E-state index in [0.29, 0.717) is 13.2 Å². The third-order valence-corrected chi connectivity index (χ3v) is 9.43. The SMILES string of the molecule is CCC(COc1ccc(N2CCN(c3ccc(-n4cnn(C(C)C(C)N)c4=O)cc3)CC2)cc1)OC(C)(Cn1nccn1)c1ccccc1. The molecule has 4 unspecified atom stereocenters. The molecule has 0 radical (unpaired) electrons. The number of piperazine rings is 1. The molecular formula is C37H47N9O3. The molecule has 49 heavy (non-hydrogen) atoms. The van der Waals surface area contributed by atoms with Crippen molar-refractivity contribution < 1.29 is 9.47 Å². The highest BCUT2D eigenvalue weighted by molar-refractivity contribution is 5.54. The average Bonchev–Trinajstić information content (AvgIpc) is 3.79. The van der Waals surface area contributed by atoms with Gasteiger partial charge in [-0.2, -0.15) is 20.1 Å². The first-order valence-electron chi connectivity index (χ1n) is 17.1. The highest BCUT2D eigenvalue weighted by Gasteiger charge is 2.32. The second kappa shape index (κ2) is 15.1. The molecule has 1 saturated heterocycles. The van der Waals surface area contributed by atoms with Crippen molar-refractivity contribution in [3.63, 3.8) is 0 Å². The summed E-state index contributed by atoms with van der Waals surface area (Å²) in [4.78, 5) is 19.3. The van der Waals surface area contributed by atoms with Gasteiger partial charge in [0.05, 0.1) is 36.8 Å². The number of aromatic nitrogens is 6. The summed E-state index contributed by atoms with van der Waals surface area (Å²) < 4.78 is 16.0.